The van der Waals surface area contributed by atoms with Crippen LogP contribution in [-0.4, -0.2) is 37.0 Å². The summed E-state index contributed by atoms with van der Waals surface area (Å²) in [5.74, 6) is -0.245. The normalized spacial score (nSPS) is 13.6. The lowest BCUT2D eigenvalue weighted by atomic mass is 10.1. The van der Waals surface area contributed by atoms with Gasteiger partial charge >= 0.3 is 5.97 Å². The standard InChI is InChI=1S/C41H66O4/c1-3-5-7-9-11-13-15-17-18-19-20-21-22-23-25-27-29-31-33-35-37-44-39-40(38-42)45-41(43)36-34-32-30-28-26-24-16-14-12-10-8-6-4-2/h5-8,11-14,17-18,20-21,23-26,40,42H,3-4,9-10,15-16,19,22,27-39H2,1-2H3/b7-5-,8-6-,13-11-,14-12-,18-17-,21-20-,25-23-,26-24-. The Kier molecular flexibility index (Phi) is 35.3. The highest BCUT2D eigenvalue weighted by Gasteiger charge is 2.13. The van der Waals surface area contributed by atoms with Crippen LogP contribution < -0.4 is 0 Å². The topological polar surface area (TPSA) is 55.8 Å². The average Bonchev–Trinajstić information content (AvgIpc) is 3.05. The van der Waals surface area contributed by atoms with Crippen molar-refractivity contribution in [1.29, 1.82) is 0 Å². The minimum Gasteiger partial charge on any atom is -0.457 e. The van der Waals surface area contributed by atoms with Crippen molar-refractivity contribution in [3.63, 3.8) is 0 Å². The van der Waals surface area contributed by atoms with Gasteiger partial charge in [0.1, 0.15) is 6.10 Å². The van der Waals surface area contributed by atoms with Crippen LogP contribution in [0.1, 0.15) is 129 Å². The third kappa shape index (κ3) is 35.7. The maximum Gasteiger partial charge on any atom is 0.306 e. The van der Waals surface area contributed by atoms with Crippen molar-refractivity contribution in [2.45, 2.75) is 136 Å². The molecule has 0 rings (SSSR count). The summed E-state index contributed by atoms with van der Waals surface area (Å²) in [6.45, 7) is 5.00. The monoisotopic (exact) mass is 622 g/mol. The summed E-state index contributed by atoms with van der Waals surface area (Å²) in [6, 6.07) is 0. The number of ether oxygens (including phenoxy) is 2. The van der Waals surface area contributed by atoms with E-state index in [0.717, 1.165) is 96.3 Å². The molecule has 0 saturated heterocycles. The average molecular weight is 623 g/mol. The number of unbranched alkanes of at least 4 members (excludes halogenated alkanes) is 7. The van der Waals surface area contributed by atoms with Gasteiger partial charge in [-0.05, 0) is 89.9 Å². The number of hydrogen-bond donors (Lipinski definition) is 1. The van der Waals surface area contributed by atoms with Crippen molar-refractivity contribution < 1.29 is 19.4 Å². The van der Waals surface area contributed by atoms with Gasteiger partial charge in [0.05, 0.1) is 13.2 Å². The molecular formula is C41H66O4. The van der Waals surface area contributed by atoms with Crippen LogP contribution in [0.15, 0.2) is 97.2 Å². The quantitative estimate of drug-likeness (QED) is 0.0475. The predicted octanol–water partition coefficient (Wildman–Crippen LogP) is 11.4. The Labute approximate surface area is 277 Å². The number of esters is 1. The molecule has 0 amide bonds. The van der Waals surface area contributed by atoms with E-state index in [9.17, 15) is 9.90 Å². The second kappa shape index (κ2) is 37.5. The molecule has 0 aliphatic heterocycles. The first-order valence-electron chi connectivity index (χ1n) is 17.8. The Morgan fingerprint density at radius 1 is 0.533 bits per heavy atom. The molecule has 0 spiro atoms. The minimum atomic E-state index is -0.568. The first-order chi connectivity index (χ1) is 22.2. The molecule has 0 aliphatic carbocycles. The molecule has 45 heavy (non-hydrogen) atoms. The van der Waals surface area contributed by atoms with Crippen molar-refractivity contribution in [3.05, 3.63) is 97.2 Å². The Morgan fingerprint density at radius 3 is 1.38 bits per heavy atom. The van der Waals surface area contributed by atoms with Crippen molar-refractivity contribution in [3.8, 4) is 0 Å². The highest BCUT2D eigenvalue weighted by Crippen LogP contribution is 2.08. The van der Waals surface area contributed by atoms with Crippen LogP contribution in [0.25, 0.3) is 0 Å². The molecule has 0 aliphatic rings. The molecule has 4 heteroatoms. The zero-order valence-corrected chi connectivity index (χ0v) is 28.8. The van der Waals surface area contributed by atoms with Gasteiger partial charge < -0.3 is 14.6 Å². The molecule has 0 aromatic carbocycles. The molecule has 1 unspecified atom stereocenters. The Bertz CT molecular complexity index is 872. The van der Waals surface area contributed by atoms with Crippen LogP contribution in [0, 0.1) is 0 Å². The van der Waals surface area contributed by atoms with Crippen LogP contribution >= 0.6 is 0 Å². The second-order valence-electron chi connectivity index (χ2n) is 11.2. The molecule has 0 bridgehead atoms. The van der Waals surface area contributed by atoms with E-state index in [1.165, 1.54) is 12.8 Å². The molecular weight excluding hydrogens is 556 g/mol. The van der Waals surface area contributed by atoms with Crippen LogP contribution in [0.5, 0.6) is 0 Å². The number of rotatable bonds is 31. The Balaban J connectivity index is 3.61. The maximum absolute atomic E-state index is 12.1. The van der Waals surface area contributed by atoms with Crippen LogP contribution in [0.2, 0.25) is 0 Å². The molecule has 1 atom stereocenters. The summed E-state index contributed by atoms with van der Waals surface area (Å²) in [5.41, 5.74) is 0. The van der Waals surface area contributed by atoms with Gasteiger partial charge in [-0.1, -0.05) is 130 Å². The van der Waals surface area contributed by atoms with E-state index in [1.807, 2.05) is 0 Å². The van der Waals surface area contributed by atoms with Gasteiger partial charge in [0, 0.05) is 13.0 Å². The lowest BCUT2D eigenvalue weighted by Crippen LogP contribution is -2.27. The van der Waals surface area contributed by atoms with Crippen molar-refractivity contribution in [1.82, 2.24) is 0 Å². The summed E-state index contributed by atoms with van der Waals surface area (Å²) in [5, 5.41) is 9.54. The van der Waals surface area contributed by atoms with Gasteiger partial charge in [0.25, 0.3) is 0 Å². The van der Waals surface area contributed by atoms with E-state index in [1.54, 1.807) is 0 Å². The van der Waals surface area contributed by atoms with E-state index in [2.05, 4.69) is 111 Å². The number of hydrogen-bond acceptors (Lipinski definition) is 4. The van der Waals surface area contributed by atoms with Crippen molar-refractivity contribution in [2.24, 2.45) is 0 Å². The van der Waals surface area contributed by atoms with Gasteiger partial charge in [-0.25, -0.2) is 0 Å². The molecule has 0 heterocycles. The minimum absolute atomic E-state index is 0.201. The molecule has 0 radical (unpaired) electrons. The summed E-state index contributed by atoms with van der Waals surface area (Å²) in [6.07, 6.45) is 53.0. The summed E-state index contributed by atoms with van der Waals surface area (Å²) in [4.78, 5) is 12.1. The largest absolute Gasteiger partial charge is 0.457 e. The van der Waals surface area contributed by atoms with Gasteiger partial charge in [-0.3, -0.25) is 4.79 Å². The fraction of sp³-hybridized carbons (Fsp3) is 0.585. The first-order valence-corrected chi connectivity index (χ1v) is 17.8. The van der Waals surface area contributed by atoms with Crippen LogP contribution in [0.4, 0.5) is 0 Å². The molecule has 0 saturated carbocycles. The van der Waals surface area contributed by atoms with E-state index in [0.29, 0.717) is 13.0 Å². The molecule has 0 aromatic rings. The van der Waals surface area contributed by atoms with E-state index < -0.39 is 6.10 Å². The molecule has 4 nitrogen and oxygen atoms in total. The number of aliphatic hydroxyl groups is 1. The molecule has 254 valence electrons. The van der Waals surface area contributed by atoms with Gasteiger partial charge in [0.2, 0.25) is 0 Å². The Hall–Kier alpha value is -2.69. The lowest BCUT2D eigenvalue weighted by Gasteiger charge is -2.15. The van der Waals surface area contributed by atoms with Gasteiger partial charge in [-0.15, -0.1) is 0 Å². The third-order valence-electron chi connectivity index (χ3n) is 6.90. The Morgan fingerprint density at radius 2 is 0.933 bits per heavy atom. The fourth-order valence-electron chi connectivity index (χ4n) is 4.31. The smallest absolute Gasteiger partial charge is 0.306 e. The summed E-state index contributed by atoms with van der Waals surface area (Å²) in [7, 11) is 0. The fourth-order valence-corrected chi connectivity index (χ4v) is 4.31. The first kappa shape index (κ1) is 42.3. The maximum atomic E-state index is 12.1. The van der Waals surface area contributed by atoms with Gasteiger partial charge in [-0.2, -0.15) is 0 Å². The van der Waals surface area contributed by atoms with Crippen LogP contribution in [0.3, 0.4) is 0 Å². The molecule has 1 N–H and O–H groups in total. The number of carbonyl (C=O) groups excluding carboxylic acids is 1. The second-order valence-corrected chi connectivity index (χ2v) is 11.2. The highest BCUT2D eigenvalue weighted by atomic mass is 16.6. The van der Waals surface area contributed by atoms with Crippen LogP contribution in [-0.2, 0) is 14.3 Å². The van der Waals surface area contributed by atoms with Gasteiger partial charge in [0.15, 0.2) is 0 Å². The van der Waals surface area contributed by atoms with E-state index in [4.69, 9.17) is 9.47 Å². The zero-order valence-electron chi connectivity index (χ0n) is 28.8. The molecule has 0 fully saturated rings. The zero-order chi connectivity index (χ0) is 32.7. The SMILES string of the molecule is CC/C=C\C/C=C\C/C=C\C/C=C\C/C=C\CCCCCCOCC(CO)OC(=O)CCCCC/C=C\C/C=C\C/C=C\CC. The highest BCUT2D eigenvalue weighted by molar-refractivity contribution is 5.69. The number of allylic oxidation sites excluding steroid dienone is 16. The predicted molar refractivity (Wildman–Crippen MR) is 195 cm³/mol. The third-order valence-corrected chi connectivity index (χ3v) is 6.90. The van der Waals surface area contributed by atoms with Crippen molar-refractivity contribution >= 4 is 5.97 Å². The number of carbonyl (C=O) groups is 1. The number of aliphatic hydroxyl groups excluding tert-OH is 1. The van der Waals surface area contributed by atoms with Crippen molar-refractivity contribution in [2.75, 3.05) is 19.8 Å². The lowest BCUT2D eigenvalue weighted by molar-refractivity contribution is -0.154. The van der Waals surface area contributed by atoms with E-state index >= 15 is 0 Å². The summed E-state index contributed by atoms with van der Waals surface area (Å²) < 4.78 is 11.1. The van der Waals surface area contributed by atoms with E-state index in [-0.39, 0.29) is 19.2 Å². The summed E-state index contributed by atoms with van der Waals surface area (Å²) >= 11 is 0. The molecule has 0 aromatic heterocycles.